The lowest BCUT2D eigenvalue weighted by Crippen LogP contribution is -2.35. The monoisotopic (exact) mass is 280 g/mol. The minimum absolute atomic E-state index is 0.0705. The van der Waals surface area contributed by atoms with Crippen molar-refractivity contribution >= 4 is 17.7 Å². The first kappa shape index (κ1) is 16.4. The van der Waals surface area contributed by atoms with Gasteiger partial charge < -0.3 is 5.32 Å². The van der Waals surface area contributed by atoms with Gasteiger partial charge in [-0.25, -0.2) is 0 Å². The molecule has 1 aliphatic heterocycles. The molecule has 0 saturated carbocycles. The van der Waals surface area contributed by atoms with E-state index in [2.05, 4.69) is 19.2 Å². The number of amides is 3. The Balaban J connectivity index is 2.09. The lowest BCUT2D eigenvalue weighted by molar-refractivity contribution is -0.137. The molecule has 1 atom stereocenters. The van der Waals surface area contributed by atoms with E-state index in [1.807, 2.05) is 6.92 Å². The quantitative estimate of drug-likeness (QED) is 0.543. The van der Waals surface area contributed by atoms with Gasteiger partial charge in [0.25, 0.3) is 11.8 Å². The van der Waals surface area contributed by atoms with Crippen molar-refractivity contribution in [1.82, 2.24) is 10.2 Å². The smallest absolute Gasteiger partial charge is 0.253 e. The maximum absolute atomic E-state index is 11.6. The SMILES string of the molecule is CC(C)[C@H](C)NC(=O)CCCCCN1C(=O)C=CC1=O. The second-order valence-electron chi connectivity index (χ2n) is 5.57. The Bertz CT molecular complexity index is 384. The van der Waals surface area contributed by atoms with Crippen LogP contribution in [0.15, 0.2) is 12.2 Å². The summed E-state index contributed by atoms with van der Waals surface area (Å²) in [7, 11) is 0. The summed E-state index contributed by atoms with van der Waals surface area (Å²) in [4.78, 5) is 35.5. The largest absolute Gasteiger partial charge is 0.353 e. The molecule has 0 fully saturated rings. The third-order valence-electron chi connectivity index (χ3n) is 3.57. The van der Waals surface area contributed by atoms with E-state index in [4.69, 9.17) is 0 Å². The van der Waals surface area contributed by atoms with Crippen LogP contribution in [0.2, 0.25) is 0 Å². The van der Waals surface area contributed by atoms with Crippen LogP contribution in [0.25, 0.3) is 0 Å². The average molecular weight is 280 g/mol. The summed E-state index contributed by atoms with van der Waals surface area (Å²) < 4.78 is 0. The highest BCUT2D eigenvalue weighted by Gasteiger charge is 2.22. The van der Waals surface area contributed by atoms with E-state index in [1.54, 1.807) is 0 Å². The van der Waals surface area contributed by atoms with Crippen molar-refractivity contribution in [2.45, 2.75) is 52.5 Å². The van der Waals surface area contributed by atoms with Gasteiger partial charge in [0.15, 0.2) is 0 Å². The van der Waals surface area contributed by atoms with E-state index in [9.17, 15) is 14.4 Å². The van der Waals surface area contributed by atoms with Crippen LogP contribution < -0.4 is 5.32 Å². The first-order valence-corrected chi connectivity index (χ1v) is 7.24. The number of nitrogens with zero attached hydrogens (tertiary/aromatic N) is 1. The van der Waals surface area contributed by atoms with E-state index >= 15 is 0 Å². The molecular weight excluding hydrogens is 256 g/mol. The second-order valence-corrected chi connectivity index (χ2v) is 5.57. The van der Waals surface area contributed by atoms with Crippen LogP contribution in [0.3, 0.4) is 0 Å². The Morgan fingerprint density at radius 2 is 1.70 bits per heavy atom. The summed E-state index contributed by atoms with van der Waals surface area (Å²) in [6.07, 6.45) is 5.44. The molecule has 0 unspecified atom stereocenters. The number of carbonyl (C=O) groups is 3. The van der Waals surface area contributed by atoms with Gasteiger partial charge in [-0.2, -0.15) is 0 Å². The standard InChI is InChI=1S/C15H24N2O3/c1-11(2)12(3)16-13(18)7-5-4-6-10-17-14(19)8-9-15(17)20/h8-9,11-12H,4-7,10H2,1-3H3,(H,16,18)/t12-/m0/s1. The molecule has 1 N–H and O–H groups in total. The van der Waals surface area contributed by atoms with Gasteiger partial charge in [0, 0.05) is 31.2 Å². The highest BCUT2D eigenvalue weighted by atomic mass is 16.2. The first-order valence-electron chi connectivity index (χ1n) is 7.24. The molecule has 0 aromatic carbocycles. The van der Waals surface area contributed by atoms with Crippen molar-refractivity contribution in [1.29, 1.82) is 0 Å². The number of carbonyl (C=O) groups excluding carboxylic acids is 3. The summed E-state index contributed by atoms with van der Waals surface area (Å²) in [6.45, 7) is 6.58. The fraction of sp³-hybridized carbons (Fsp3) is 0.667. The van der Waals surface area contributed by atoms with Gasteiger partial charge in [0.05, 0.1) is 0 Å². The summed E-state index contributed by atoms with van der Waals surface area (Å²) in [6, 6.07) is 0.188. The van der Waals surface area contributed by atoms with Crippen molar-refractivity contribution < 1.29 is 14.4 Å². The Labute approximate surface area is 120 Å². The molecular formula is C15H24N2O3. The molecule has 0 aromatic rings. The van der Waals surface area contributed by atoms with Crippen LogP contribution in [0.4, 0.5) is 0 Å². The molecule has 1 aliphatic rings. The van der Waals surface area contributed by atoms with Crippen molar-refractivity contribution in [3.8, 4) is 0 Å². The second kappa shape index (κ2) is 7.82. The number of imide groups is 1. The highest BCUT2D eigenvalue weighted by molar-refractivity contribution is 6.12. The Morgan fingerprint density at radius 1 is 1.10 bits per heavy atom. The molecule has 1 rings (SSSR count). The van der Waals surface area contributed by atoms with Crippen LogP contribution >= 0.6 is 0 Å². The molecule has 0 bridgehead atoms. The van der Waals surface area contributed by atoms with Crippen LogP contribution in [-0.4, -0.2) is 35.2 Å². The highest BCUT2D eigenvalue weighted by Crippen LogP contribution is 2.08. The number of hydrogen-bond acceptors (Lipinski definition) is 3. The zero-order valence-corrected chi connectivity index (χ0v) is 12.5. The predicted octanol–water partition coefficient (Wildman–Crippen LogP) is 1.63. The summed E-state index contributed by atoms with van der Waals surface area (Å²) >= 11 is 0. The lowest BCUT2D eigenvalue weighted by atomic mass is 10.1. The van der Waals surface area contributed by atoms with E-state index in [1.165, 1.54) is 17.1 Å². The number of hydrogen-bond donors (Lipinski definition) is 1. The average Bonchev–Trinajstić information content (AvgIpc) is 2.69. The number of nitrogens with one attached hydrogen (secondary N) is 1. The maximum Gasteiger partial charge on any atom is 0.253 e. The van der Waals surface area contributed by atoms with Crippen molar-refractivity contribution in [3.05, 3.63) is 12.2 Å². The van der Waals surface area contributed by atoms with Gasteiger partial charge in [0.2, 0.25) is 5.91 Å². The van der Waals surface area contributed by atoms with Gasteiger partial charge in [-0.05, 0) is 25.7 Å². The molecule has 5 nitrogen and oxygen atoms in total. The van der Waals surface area contributed by atoms with Crippen molar-refractivity contribution in [2.75, 3.05) is 6.54 Å². The normalized spacial score (nSPS) is 16.1. The molecule has 0 saturated heterocycles. The summed E-state index contributed by atoms with van der Waals surface area (Å²) in [5.74, 6) is 0.0248. The lowest BCUT2D eigenvalue weighted by Gasteiger charge is -2.17. The number of rotatable bonds is 8. The van der Waals surface area contributed by atoms with Crippen molar-refractivity contribution in [2.24, 2.45) is 5.92 Å². The molecule has 0 radical (unpaired) electrons. The Kier molecular flexibility index (Phi) is 6.42. The fourth-order valence-electron chi connectivity index (χ4n) is 1.88. The predicted molar refractivity (Wildman–Crippen MR) is 76.8 cm³/mol. The Hall–Kier alpha value is -1.65. The zero-order valence-electron chi connectivity index (χ0n) is 12.5. The molecule has 20 heavy (non-hydrogen) atoms. The van der Waals surface area contributed by atoms with E-state index < -0.39 is 0 Å². The Morgan fingerprint density at radius 3 is 2.25 bits per heavy atom. The minimum atomic E-state index is -0.237. The van der Waals surface area contributed by atoms with Gasteiger partial charge in [-0.1, -0.05) is 20.3 Å². The third kappa shape index (κ3) is 5.15. The fourth-order valence-corrected chi connectivity index (χ4v) is 1.88. The molecule has 0 spiro atoms. The molecule has 0 aromatic heterocycles. The zero-order chi connectivity index (χ0) is 15.1. The topological polar surface area (TPSA) is 66.5 Å². The first-order chi connectivity index (χ1) is 9.41. The van der Waals surface area contributed by atoms with Gasteiger partial charge in [0.1, 0.15) is 0 Å². The van der Waals surface area contributed by atoms with Gasteiger partial charge in [-0.3, -0.25) is 19.3 Å². The summed E-state index contributed by atoms with van der Waals surface area (Å²) in [5, 5.41) is 2.96. The maximum atomic E-state index is 11.6. The van der Waals surface area contributed by atoms with Crippen LogP contribution in [-0.2, 0) is 14.4 Å². The van der Waals surface area contributed by atoms with Gasteiger partial charge >= 0.3 is 0 Å². The van der Waals surface area contributed by atoms with Crippen molar-refractivity contribution in [3.63, 3.8) is 0 Å². The molecule has 112 valence electrons. The molecule has 1 heterocycles. The summed E-state index contributed by atoms with van der Waals surface area (Å²) in [5.41, 5.74) is 0. The molecule has 0 aliphatic carbocycles. The molecule has 3 amide bonds. The van der Waals surface area contributed by atoms with E-state index in [0.717, 1.165) is 19.3 Å². The number of unbranched alkanes of at least 4 members (excludes halogenated alkanes) is 2. The van der Waals surface area contributed by atoms with Crippen LogP contribution in [0.1, 0.15) is 46.5 Å². The molecule has 5 heteroatoms. The third-order valence-corrected chi connectivity index (χ3v) is 3.57. The van der Waals surface area contributed by atoms with Crippen LogP contribution in [0.5, 0.6) is 0 Å². The van der Waals surface area contributed by atoms with E-state index in [0.29, 0.717) is 18.9 Å². The van der Waals surface area contributed by atoms with E-state index in [-0.39, 0.29) is 23.8 Å². The van der Waals surface area contributed by atoms with Crippen LogP contribution in [0, 0.1) is 5.92 Å². The van der Waals surface area contributed by atoms with Gasteiger partial charge in [-0.15, -0.1) is 0 Å². The minimum Gasteiger partial charge on any atom is -0.353 e.